The Hall–Kier alpha value is -5.09. The molecule has 0 saturated carbocycles. The van der Waals surface area contributed by atoms with E-state index in [1.165, 1.54) is 141 Å². The quantitative estimate of drug-likeness (QED) is 0.0211. The van der Waals surface area contributed by atoms with Crippen molar-refractivity contribution < 1.29 is 42.9 Å². The van der Waals surface area contributed by atoms with Crippen molar-refractivity contribution in [2.45, 2.75) is 309 Å². The molecule has 0 heterocycles. The number of allylic oxidation sites excluding steroid dienone is 26. The number of carbonyl (C=O) groups is 3. The van der Waals surface area contributed by atoms with E-state index in [-0.39, 0.29) is 32.2 Å². The van der Waals surface area contributed by atoms with Crippen LogP contribution in [0.3, 0.4) is 0 Å². The maximum absolute atomic E-state index is 13.0. The van der Waals surface area contributed by atoms with Crippen molar-refractivity contribution in [3.8, 4) is 0 Å². The van der Waals surface area contributed by atoms with Crippen molar-refractivity contribution in [3.05, 3.63) is 158 Å². The van der Waals surface area contributed by atoms with Gasteiger partial charge in [-0.05, 0) is 122 Å². The molecule has 9 nitrogen and oxygen atoms in total. The van der Waals surface area contributed by atoms with Gasteiger partial charge in [-0.1, -0.05) is 320 Å². The van der Waals surface area contributed by atoms with Crippen LogP contribution in [0.5, 0.6) is 0 Å². The van der Waals surface area contributed by atoms with Gasteiger partial charge in [0.15, 0.2) is 6.10 Å². The smallest absolute Gasteiger partial charge is 0.361 e. The number of carboxylic acids is 1. The fraction of sp³-hybridized carbons (Fsp3) is 0.655. The van der Waals surface area contributed by atoms with Crippen molar-refractivity contribution in [2.24, 2.45) is 0 Å². The Morgan fingerprint density at radius 3 is 0.860 bits per heavy atom. The number of ether oxygens (including phenoxy) is 4. The third-order valence-electron chi connectivity index (χ3n) is 15.8. The first-order valence-corrected chi connectivity index (χ1v) is 37.6. The van der Waals surface area contributed by atoms with Gasteiger partial charge in [-0.25, -0.2) is 4.79 Å². The molecule has 0 aromatic rings. The molecule has 93 heavy (non-hydrogen) atoms. The van der Waals surface area contributed by atoms with Crippen molar-refractivity contribution in [1.29, 1.82) is 0 Å². The summed E-state index contributed by atoms with van der Waals surface area (Å²) in [4.78, 5) is 37.7. The lowest BCUT2D eigenvalue weighted by Gasteiger charge is -2.25. The van der Waals surface area contributed by atoms with E-state index in [0.29, 0.717) is 23.9 Å². The molecule has 2 unspecified atom stereocenters. The van der Waals surface area contributed by atoms with Gasteiger partial charge in [0.1, 0.15) is 13.2 Å². The van der Waals surface area contributed by atoms with Crippen LogP contribution in [0, 0.1) is 0 Å². The summed E-state index contributed by atoms with van der Waals surface area (Å²) in [7, 11) is 5.98. The molecule has 9 heteroatoms. The van der Waals surface area contributed by atoms with Gasteiger partial charge in [0, 0.05) is 12.8 Å². The highest BCUT2D eigenvalue weighted by atomic mass is 16.7. The number of esters is 2. The molecular weight excluding hydrogens is 1150 g/mol. The van der Waals surface area contributed by atoms with Gasteiger partial charge in [-0.3, -0.25) is 9.59 Å². The van der Waals surface area contributed by atoms with E-state index in [4.69, 9.17) is 18.9 Å². The van der Waals surface area contributed by atoms with Crippen molar-refractivity contribution in [3.63, 3.8) is 0 Å². The number of carbonyl (C=O) groups excluding carboxylic acids is 2. The van der Waals surface area contributed by atoms with Crippen molar-refractivity contribution in [2.75, 3.05) is 47.5 Å². The van der Waals surface area contributed by atoms with Crippen LogP contribution < -0.4 is 0 Å². The lowest BCUT2D eigenvalue weighted by Crippen LogP contribution is -2.40. The molecule has 2 atom stereocenters. The number of likely N-dealkylation sites (N-methyl/N-ethyl adjacent to an activating group) is 1. The first kappa shape index (κ1) is 87.9. The number of hydrogen-bond acceptors (Lipinski definition) is 7. The summed E-state index contributed by atoms with van der Waals surface area (Å²) in [5.74, 6) is -2.01. The Morgan fingerprint density at radius 2 is 0.581 bits per heavy atom. The number of hydrogen-bond donors (Lipinski definition) is 1. The molecule has 0 aromatic heterocycles. The van der Waals surface area contributed by atoms with E-state index >= 15 is 0 Å². The fourth-order valence-corrected chi connectivity index (χ4v) is 10.1. The first-order valence-electron chi connectivity index (χ1n) is 37.6. The van der Waals surface area contributed by atoms with Gasteiger partial charge in [0.25, 0.3) is 6.29 Å². The molecule has 0 saturated heterocycles. The average molecular weight is 1290 g/mol. The molecule has 0 fully saturated rings. The molecule has 0 aliphatic heterocycles. The molecule has 0 rings (SSSR count). The maximum Gasteiger partial charge on any atom is 0.361 e. The zero-order valence-electron chi connectivity index (χ0n) is 60.4. The van der Waals surface area contributed by atoms with Crippen LogP contribution in [0.1, 0.15) is 296 Å². The Morgan fingerprint density at radius 1 is 0.323 bits per heavy atom. The van der Waals surface area contributed by atoms with E-state index < -0.39 is 24.3 Å². The fourth-order valence-electron chi connectivity index (χ4n) is 10.1. The van der Waals surface area contributed by atoms with E-state index in [1.54, 1.807) is 0 Å². The Labute approximate surface area is 572 Å². The number of aliphatic carboxylic acids is 1. The largest absolute Gasteiger partial charge is 0.477 e. The molecule has 0 amide bonds. The standard InChI is InChI=1S/C84H139NO8/c1-6-8-10-12-14-16-18-20-22-24-26-28-30-32-34-36-37-38-39-40-41-42-43-44-45-47-49-51-53-55-57-59-61-63-65-67-69-71-73-75-82(87)93-80(79-92-84(83(88)89)90-77-76-85(3,4)5)78-91-81(86)74-72-70-68-66-64-62-60-58-56-54-52-50-48-46-35-33-31-29-27-25-23-21-19-17-15-13-11-9-7-2/h8-11,14-17,20-23,26-29,32-35,37-38,40-41,43-44,80,84H,6-7,12-13,18-19,24-25,30-31,36,39,42,45-79H2,1-5H3/p+1/b10-8-,11-9-,16-14-,17-15-,22-20-,23-21-,28-26-,29-27-,34-32-,35-33-,38-37-,41-40-,44-43-. The third-order valence-corrected chi connectivity index (χ3v) is 15.8. The highest BCUT2D eigenvalue weighted by molar-refractivity contribution is 5.71. The molecule has 1 N–H and O–H groups in total. The molecule has 0 radical (unpaired) electrons. The normalized spacial score (nSPS) is 13.6. The zero-order valence-corrected chi connectivity index (χ0v) is 60.4. The summed E-state index contributed by atoms with van der Waals surface area (Å²) in [6.07, 6.45) is 105. The number of unbranched alkanes of at least 4 members (excludes halogenated alkanes) is 27. The SMILES string of the molecule is CC/C=C\C/C=C\C/C=C\C/C=C\C/C=C\C/C=C\C/C=C\C/C=C\CCCCCCCCCCCCCCCCC(=O)OC(COC(=O)CCCCCCCCCCCCCCC/C=C\C/C=C\C/C=C\C/C=C\C/C=C\CC)COC(OCC[N+](C)(C)C)C(=O)O. The van der Waals surface area contributed by atoms with Gasteiger partial charge in [-0.15, -0.1) is 0 Å². The zero-order chi connectivity index (χ0) is 67.5. The summed E-state index contributed by atoms with van der Waals surface area (Å²) >= 11 is 0. The molecule has 0 bridgehead atoms. The lowest BCUT2D eigenvalue weighted by atomic mass is 10.0. The minimum Gasteiger partial charge on any atom is -0.477 e. The Balaban J connectivity index is 4.10. The summed E-state index contributed by atoms with van der Waals surface area (Å²) < 4.78 is 23.0. The van der Waals surface area contributed by atoms with Crippen LogP contribution in [-0.4, -0.2) is 87.4 Å². The van der Waals surface area contributed by atoms with Crippen LogP contribution in [0.4, 0.5) is 0 Å². The van der Waals surface area contributed by atoms with E-state index in [9.17, 15) is 19.5 Å². The summed E-state index contributed by atoms with van der Waals surface area (Å²) in [6, 6.07) is 0. The van der Waals surface area contributed by atoms with Crippen LogP contribution in [0.15, 0.2) is 158 Å². The number of quaternary nitrogens is 1. The van der Waals surface area contributed by atoms with Gasteiger partial charge < -0.3 is 28.5 Å². The van der Waals surface area contributed by atoms with Gasteiger partial charge in [0.2, 0.25) is 0 Å². The molecule has 0 aromatic carbocycles. The van der Waals surface area contributed by atoms with Crippen LogP contribution in [0.2, 0.25) is 0 Å². The highest BCUT2D eigenvalue weighted by Gasteiger charge is 2.25. The molecule has 528 valence electrons. The second kappa shape index (κ2) is 72.7. The predicted molar refractivity (Wildman–Crippen MR) is 400 cm³/mol. The summed E-state index contributed by atoms with van der Waals surface area (Å²) in [6.45, 7) is 4.66. The first-order chi connectivity index (χ1) is 45.6. The molecular formula is C84H140NO8+. The summed E-state index contributed by atoms with van der Waals surface area (Å²) in [5, 5.41) is 9.77. The highest BCUT2D eigenvalue weighted by Crippen LogP contribution is 2.17. The van der Waals surface area contributed by atoms with Crippen LogP contribution in [-0.2, 0) is 33.3 Å². The molecule has 0 aliphatic rings. The van der Waals surface area contributed by atoms with Crippen molar-refractivity contribution >= 4 is 17.9 Å². The second-order valence-electron chi connectivity index (χ2n) is 25.8. The monoisotopic (exact) mass is 1290 g/mol. The van der Waals surface area contributed by atoms with Crippen LogP contribution >= 0.6 is 0 Å². The molecule has 0 aliphatic carbocycles. The van der Waals surface area contributed by atoms with Gasteiger partial charge in [-0.2, -0.15) is 0 Å². The number of rotatable bonds is 68. The van der Waals surface area contributed by atoms with Crippen LogP contribution in [0.25, 0.3) is 0 Å². The topological polar surface area (TPSA) is 108 Å². The number of nitrogens with zero attached hydrogens (tertiary/aromatic N) is 1. The molecule has 0 spiro atoms. The van der Waals surface area contributed by atoms with Gasteiger partial charge in [0.05, 0.1) is 34.4 Å². The number of carboxylic acid groups (broad SMARTS) is 1. The van der Waals surface area contributed by atoms with E-state index in [2.05, 4.69) is 172 Å². The second-order valence-corrected chi connectivity index (χ2v) is 25.8. The Bertz CT molecular complexity index is 2090. The summed E-state index contributed by atoms with van der Waals surface area (Å²) in [5.41, 5.74) is 0. The van der Waals surface area contributed by atoms with E-state index in [1.807, 2.05) is 21.1 Å². The average Bonchev–Trinajstić information content (AvgIpc) is 3.38. The van der Waals surface area contributed by atoms with Gasteiger partial charge >= 0.3 is 17.9 Å². The van der Waals surface area contributed by atoms with E-state index in [0.717, 1.165) is 122 Å². The third kappa shape index (κ3) is 74.2. The minimum absolute atomic E-state index is 0.182. The predicted octanol–water partition coefficient (Wildman–Crippen LogP) is 24.0. The lowest BCUT2D eigenvalue weighted by molar-refractivity contribution is -0.870. The maximum atomic E-state index is 13.0. The minimum atomic E-state index is -1.52. The van der Waals surface area contributed by atoms with Crippen molar-refractivity contribution in [1.82, 2.24) is 0 Å². The Kier molecular flexibility index (Phi) is 68.8.